The Kier molecular flexibility index (Phi) is 6.91. The van der Waals surface area contributed by atoms with E-state index in [0.29, 0.717) is 37.8 Å². The zero-order valence-electron chi connectivity index (χ0n) is 15.6. The molecule has 1 amide bonds. The number of methoxy groups -OCH3 is 1. The molecule has 0 spiro atoms. The lowest BCUT2D eigenvalue weighted by Gasteiger charge is -2.12. The van der Waals surface area contributed by atoms with Crippen LogP contribution in [0.25, 0.3) is 6.08 Å². The largest absolute Gasteiger partial charge is 0.493 e. The molecule has 0 saturated carbocycles. The lowest BCUT2D eigenvalue weighted by molar-refractivity contribution is -0.115. The number of nitrogens with one attached hydrogen (secondary N) is 1. The van der Waals surface area contributed by atoms with Crippen molar-refractivity contribution in [1.82, 2.24) is 5.32 Å². The molecule has 29 heavy (non-hydrogen) atoms. The zero-order chi connectivity index (χ0) is 21.0. The lowest BCUT2D eigenvalue weighted by Crippen LogP contribution is -2.19. The monoisotopic (exact) mass is 490 g/mol. The average molecular weight is 492 g/mol. The van der Waals surface area contributed by atoms with Gasteiger partial charge in [-0.2, -0.15) is 0 Å². The van der Waals surface area contributed by atoms with E-state index in [1.165, 1.54) is 18.9 Å². The topological polar surface area (TPSA) is 59.9 Å². The van der Waals surface area contributed by atoms with Crippen molar-refractivity contribution in [1.29, 1.82) is 0 Å². The first-order chi connectivity index (χ1) is 13.9. The minimum atomic E-state index is -0.256. The maximum atomic E-state index is 12.4. The minimum absolute atomic E-state index is 0.0778. The van der Waals surface area contributed by atoms with E-state index in [4.69, 9.17) is 27.5 Å². The van der Waals surface area contributed by atoms with Crippen molar-refractivity contribution in [2.24, 2.45) is 4.99 Å². The molecule has 2 aromatic carbocycles. The highest BCUT2D eigenvalue weighted by atomic mass is 79.9. The molecule has 0 radical (unpaired) electrons. The Morgan fingerprint density at radius 2 is 2.17 bits per heavy atom. The number of hydrogen-bond donors (Lipinski definition) is 1. The molecule has 1 fully saturated rings. The Morgan fingerprint density at radius 3 is 2.86 bits per heavy atom. The molecule has 8 heteroatoms. The fourth-order valence-electron chi connectivity index (χ4n) is 2.51. The van der Waals surface area contributed by atoms with Crippen molar-refractivity contribution in [2.45, 2.75) is 6.92 Å². The number of nitrogens with zero attached hydrogens (tertiary/aromatic N) is 1. The number of rotatable bonds is 5. The van der Waals surface area contributed by atoms with Gasteiger partial charge in [0.15, 0.2) is 16.7 Å². The number of carbonyl (C=O) groups excluding carboxylic acids is 1. The normalized spacial score (nSPS) is 16.0. The van der Waals surface area contributed by atoms with Crippen LogP contribution in [0.15, 0.2) is 44.7 Å². The van der Waals surface area contributed by atoms with Gasteiger partial charge in [-0.1, -0.05) is 39.5 Å². The van der Waals surface area contributed by atoms with Gasteiger partial charge < -0.3 is 14.8 Å². The number of halogens is 2. The zero-order valence-corrected chi connectivity index (χ0v) is 18.7. The van der Waals surface area contributed by atoms with Crippen molar-refractivity contribution < 1.29 is 14.3 Å². The Bertz CT molecular complexity index is 1080. The van der Waals surface area contributed by atoms with Crippen molar-refractivity contribution >= 4 is 62.1 Å². The average Bonchev–Trinajstić information content (AvgIpc) is 3.02. The number of amides is 1. The number of aliphatic imine (C=N–C) groups is 1. The highest BCUT2D eigenvalue weighted by Crippen LogP contribution is 2.38. The first-order valence-corrected chi connectivity index (χ1v) is 10.4. The van der Waals surface area contributed by atoms with Crippen molar-refractivity contribution in [3.8, 4) is 23.8 Å². The number of amidine groups is 1. The number of carbonyl (C=O) groups is 1. The third-order valence-corrected chi connectivity index (χ3v) is 5.67. The van der Waals surface area contributed by atoms with Crippen LogP contribution in [0.3, 0.4) is 0 Å². The molecule has 0 unspecified atom stereocenters. The molecule has 2 aromatic rings. The van der Waals surface area contributed by atoms with E-state index >= 15 is 0 Å². The van der Waals surface area contributed by atoms with E-state index in [0.717, 1.165) is 10.0 Å². The van der Waals surface area contributed by atoms with Crippen LogP contribution < -0.4 is 14.8 Å². The second kappa shape index (κ2) is 9.40. The summed E-state index contributed by atoms with van der Waals surface area (Å²) in [5.74, 6) is 3.14. The molecule has 3 rings (SSSR count). The van der Waals surface area contributed by atoms with Crippen LogP contribution in [0.1, 0.15) is 11.1 Å². The summed E-state index contributed by atoms with van der Waals surface area (Å²) in [5, 5.41) is 3.84. The highest BCUT2D eigenvalue weighted by Gasteiger charge is 2.25. The molecular weight excluding hydrogens is 476 g/mol. The van der Waals surface area contributed by atoms with E-state index in [9.17, 15) is 4.79 Å². The molecule has 0 aliphatic carbocycles. The van der Waals surface area contributed by atoms with Gasteiger partial charge >= 0.3 is 0 Å². The molecule has 1 N–H and O–H groups in total. The molecule has 0 bridgehead atoms. The summed E-state index contributed by atoms with van der Waals surface area (Å²) in [4.78, 5) is 17.4. The molecule has 0 atom stereocenters. The Balaban J connectivity index is 1.94. The molecule has 1 aliphatic rings. The summed E-state index contributed by atoms with van der Waals surface area (Å²) in [6.07, 6.45) is 7.02. The Morgan fingerprint density at radius 1 is 1.38 bits per heavy atom. The third kappa shape index (κ3) is 5.15. The van der Waals surface area contributed by atoms with Crippen LogP contribution in [0, 0.1) is 19.3 Å². The van der Waals surface area contributed by atoms with E-state index in [1.54, 1.807) is 18.2 Å². The summed E-state index contributed by atoms with van der Waals surface area (Å²) >= 11 is 10.8. The number of aryl methyl sites for hydroxylation is 1. The SMILES string of the molecule is C#CCOc1c(C=C2SC(=Nc3ccc(C)c(Cl)c3)NC2=O)cc(Br)cc1OC. The molecule has 5 nitrogen and oxygen atoms in total. The molecule has 1 heterocycles. The van der Waals surface area contributed by atoms with Gasteiger partial charge in [-0.3, -0.25) is 4.79 Å². The van der Waals surface area contributed by atoms with Gasteiger partial charge in [-0.05, 0) is 54.6 Å². The minimum Gasteiger partial charge on any atom is -0.493 e. The number of benzene rings is 2. The number of thioether (sulfide) groups is 1. The van der Waals surface area contributed by atoms with Gasteiger partial charge in [-0.25, -0.2) is 4.99 Å². The second-order valence-corrected chi connectivity index (χ2v) is 8.29. The fraction of sp³-hybridized carbons (Fsp3) is 0.143. The van der Waals surface area contributed by atoms with Crippen LogP contribution in [-0.2, 0) is 4.79 Å². The summed E-state index contributed by atoms with van der Waals surface area (Å²) in [7, 11) is 1.54. The smallest absolute Gasteiger partial charge is 0.264 e. The predicted molar refractivity (Wildman–Crippen MR) is 122 cm³/mol. The van der Waals surface area contributed by atoms with Crippen molar-refractivity contribution in [3.05, 3.63) is 55.9 Å². The first-order valence-electron chi connectivity index (χ1n) is 8.41. The summed E-state index contributed by atoms with van der Waals surface area (Å²) < 4.78 is 11.8. The predicted octanol–water partition coefficient (Wildman–Crippen LogP) is 5.32. The number of terminal acetylenes is 1. The maximum absolute atomic E-state index is 12.4. The van der Waals surface area contributed by atoms with Gasteiger partial charge in [-0.15, -0.1) is 6.42 Å². The van der Waals surface area contributed by atoms with Crippen LogP contribution in [0.2, 0.25) is 5.02 Å². The van der Waals surface area contributed by atoms with Gasteiger partial charge in [0, 0.05) is 15.1 Å². The standard InChI is InChI=1S/C21H16BrClN2O3S/c1-4-7-28-19-13(8-14(22)10-17(19)27-3)9-18-20(26)25-21(29-18)24-15-6-5-12(2)16(23)11-15/h1,5-6,8-11H,7H2,2-3H3,(H,24,25,26). The highest BCUT2D eigenvalue weighted by molar-refractivity contribution is 9.10. The molecule has 0 aromatic heterocycles. The fourth-order valence-corrected chi connectivity index (χ4v) is 3.97. The van der Waals surface area contributed by atoms with E-state index in [2.05, 4.69) is 32.2 Å². The van der Waals surface area contributed by atoms with E-state index < -0.39 is 0 Å². The Hall–Kier alpha value is -2.40. The van der Waals surface area contributed by atoms with Crippen molar-refractivity contribution in [2.75, 3.05) is 13.7 Å². The van der Waals surface area contributed by atoms with Gasteiger partial charge in [0.25, 0.3) is 5.91 Å². The summed E-state index contributed by atoms with van der Waals surface area (Å²) in [6.45, 7) is 1.99. The number of ether oxygens (including phenoxy) is 2. The van der Waals surface area contributed by atoms with E-state index in [-0.39, 0.29) is 12.5 Å². The first kappa shape index (κ1) is 21.3. The van der Waals surface area contributed by atoms with Crippen LogP contribution in [0.5, 0.6) is 11.5 Å². The molecule has 1 aliphatic heterocycles. The lowest BCUT2D eigenvalue weighted by atomic mass is 10.1. The quantitative estimate of drug-likeness (QED) is 0.454. The third-order valence-electron chi connectivity index (χ3n) is 3.89. The summed E-state index contributed by atoms with van der Waals surface area (Å²) in [5.41, 5.74) is 2.28. The Labute approximate surface area is 186 Å². The molecular formula is C21H16BrClN2O3S. The van der Waals surface area contributed by atoms with Gasteiger partial charge in [0.05, 0.1) is 17.7 Å². The summed E-state index contributed by atoms with van der Waals surface area (Å²) in [6, 6.07) is 9.06. The van der Waals surface area contributed by atoms with E-state index in [1.807, 2.05) is 25.1 Å². The van der Waals surface area contributed by atoms with Gasteiger partial charge in [0.1, 0.15) is 6.61 Å². The van der Waals surface area contributed by atoms with Gasteiger partial charge in [0.2, 0.25) is 0 Å². The molecule has 1 saturated heterocycles. The molecule has 148 valence electrons. The van der Waals surface area contributed by atoms with Crippen LogP contribution in [-0.4, -0.2) is 24.8 Å². The maximum Gasteiger partial charge on any atom is 0.264 e. The number of hydrogen-bond acceptors (Lipinski definition) is 5. The van der Waals surface area contributed by atoms with Crippen LogP contribution in [0.4, 0.5) is 5.69 Å². The van der Waals surface area contributed by atoms with Crippen molar-refractivity contribution in [3.63, 3.8) is 0 Å². The van der Waals surface area contributed by atoms with Crippen LogP contribution >= 0.6 is 39.3 Å². The second-order valence-electron chi connectivity index (χ2n) is 5.93.